The molecule has 1 aromatic heterocycles. The van der Waals surface area contributed by atoms with Crippen LogP contribution < -0.4 is 5.32 Å². The number of benzene rings is 2. The van der Waals surface area contributed by atoms with E-state index in [0.717, 1.165) is 22.2 Å². The minimum absolute atomic E-state index is 0.206. The Labute approximate surface area is 142 Å². The Balaban J connectivity index is 2.03. The molecule has 2 N–H and O–H groups in total. The highest BCUT2D eigenvalue weighted by Gasteiger charge is 2.25. The Hall–Kier alpha value is -3.15. The molecule has 1 aliphatic heterocycles. The zero-order valence-electron chi connectivity index (χ0n) is 13.5. The number of halogens is 1. The van der Waals surface area contributed by atoms with Gasteiger partial charge in [-0.05, 0) is 41.8 Å². The van der Waals surface area contributed by atoms with Gasteiger partial charge in [-0.25, -0.2) is 9.18 Å². The third kappa shape index (κ3) is 2.29. The molecule has 1 amide bonds. The van der Waals surface area contributed by atoms with Crippen LogP contribution in [0.4, 0.5) is 4.39 Å². The molecule has 0 radical (unpaired) electrons. The van der Waals surface area contributed by atoms with Crippen molar-refractivity contribution in [1.82, 2.24) is 9.88 Å². The standard InChI is InChI=1S/C19H15FN2O3/c1-22-15-9-12(20)8-14-16(15)13(6-7-21-18(14)23)17(22)10-2-4-11(5-3-10)19(24)25/h2-5,8-9H,6-7H2,1H3,(H,21,23)(H,24,25). The van der Waals surface area contributed by atoms with E-state index in [-0.39, 0.29) is 11.5 Å². The third-order valence-electron chi connectivity index (χ3n) is 4.68. The predicted molar refractivity (Wildman–Crippen MR) is 91.3 cm³/mol. The van der Waals surface area contributed by atoms with Crippen molar-refractivity contribution in [2.24, 2.45) is 7.05 Å². The van der Waals surface area contributed by atoms with E-state index in [4.69, 9.17) is 5.11 Å². The second-order valence-electron chi connectivity index (χ2n) is 6.12. The Morgan fingerprint density at radius 1 is 1.24 bits per heavy atom. The van der Waals surface area contributed by atoms with Crippen molar-refractivity contribution in [3.8, 4) is 11.3 Å². The zero-order valence-corrected chi connectivity index (χ0v) is 13.5. The van der Waals surface area contributed by atoms with Crippen molar-refractivity contribution in [3.05, 3.63) is 58.9 Å². The molecule has 6 heteroatoms. The molecule has 0 spiro atoms. The lowest BCUT2D eigenvalue weighted by Gasteiger charge is -2.09. The van der Waals surface area contributed by atoms with Crippen LogP contribution >= 0.6 is 0 Å². The largest absolute Gasteiger partial charge is 0.478 e. The number of hydrogen-bond acceptors (Lipinski definition) is 2. The summed E-state index contributed by atoms with van der Waals surface area (Å²) in [5.74, 6) is -1.72. The summed E-state index contributed by atoms with van der Waals surface area (Å²) in [5.41, 5.74) is 3.87. The van der Waals surface area contributed by atoms with Crippen molar-refractivity contribution in [2.45, 2.75) is 6.42 Å². The topological polar surface area (TPSA) is 71.3 Å². The average molecular weight is 338 g/mol. The number of carboxylic acid groups (broad SMARTS) is 1. The van der Waals surface area contributed by atoms with Crippen LogP contribution in [0.1, 0.15) is 26.3 Å². The average Bonchev–Trinajstić information content (AvgIpc) is 2.75. The van der Waals surface area contributed by atoms with Crippen molar-refractivity contribution < 1.29 is 19.1 Å². The number of carbonyl (C=O) groups excluding carboxylic acids is 1. The second-order valence-corrected chi connectivity index (χ2v) is 6.12. The van der Waals surface area contributed by atoms with E-state index in [0.29, 0.717) is 24.0 Å². The molecule has 0 saturated carbocycles. The quantitative estimate of drug-likeness (QED) is 0.755. The van der Waals surface area contributed by atoms with Crippen LogP contribution in [0.3, 0.4) is 0 Å². The number of nitrogens with one attached hydrogen (secondary N) is 1. The summed E-state index contributed by atoms with van der Waals surface area (Å²) in [6.45, 7) is 0.467. The molecule has 3 aromatic rings. The third-order valence-corrected chi connectivity index (χ3v) is 4.68. The van der Waals surface area contributed by atoms with Gasteiger partial charge in [0.05, 0.1) is 22.3 Å². The second kappa shape index (κ2) is 5.44. The first-order chi connectivity index (χ1) is 12.0. The van der Waals surface area contributed by atoms with Crippen molar-refractivity contribution >= 4 is 22.8 Å². The fourth-order valence-electron chi connectivity index (χ4n) is 3.57. The van der Waals surface area contributed by atoms with Gasteiger partial charge in [0.2, 0.25) is 0 Å². The van der Waals surface area contributed by atoms with Crippen LogP contribution in [0.2, 0.25) is 0 Å². The van der Waals surface area contributed by atoms with Gasteiger partial charge in [-0.3, -0.25) is 4.79 Å². The first-order valence-electron chi connectivity index (χ1n) is 7.90. The molecule has 2 heterocycles. The lowest BCUT2D eigenvalue weighted by molar-refractivity contribution is 0.0696. The molecule has 4 rings (SSSR count). The van der Waals surface area contributed by atoms with Crippen molar-refractivity contribution in [3.63, 3.8) is 0 Å². The minimum Gasteiger partial charge on any atom is -0.478 e. The maximum Gasteiger partial charge on any atom is 0.335 e. The van der Waals surface area contributed by atoms with E-state index in [9.17, 15) is 14.0 Å². The van der Waals surface area contributed by atoms with Gasteiger partial charge in [0, 0.05) is 19.0 Å². The number of aromatic nitrogens is 1. The molecule has 25 heavy (non-hydrogen) atoms. The van der Waals surface area contributed by atoms with E-state index in [1.54, 1.807) is 24.3 Å². The number of rotatable bonds is 2. The Bertz CT molecular complexity index is 1040. The summed E-state index contributed by atoms with van der Waals surface area (Å²) in [6, 6.07) is 9.27. The van der Waals surface area contributed by atoms with Gasteiger partial charge in [-0.15, -0.1) is 0 Å². The Morgan fingerprint density at radius 3 is 2.64 bits per heavy atom. The molecule has 1 aliphatic rings. The smallest absolute Gasteiger partial charge is 0.335 e. The minimum atomic E-state index is -0.985. The first kappa shape index (κ1) is 15.4. The maximum absolute atomic E-state index is 14.0. The first-order valence-corrected chi connectivity index (χ1v) is 7.90. The van der Waals surface area contributed by atoms with Crippen LogP contribution in [0.25, 0.3) is 22.2 Å². The van der Waals surface area contributed by atoms with Gasteiger partial charge in [-0.1, -0.05) is 12.1 Å². The van der Waals surface area contributed by atoms with Gasteiger partial charge >= 0.3 is 5.97 Å². The predicted octanol–water partition coefficient (Wildman–Crippen LogP) is 2.97. The van der Waals surface area contributed by atoms with Gasteiger partial charge in [0.25, 0.3) is 5.91 Å². The van der Waals surface area contributed by atoms with Crippen LogP contribution in [0.5, 0.6) is 0 Å². The molecule has 126 valence electrons. The van der Waals surface area contributed by atoms with Crippen molar-refractivity contribution in [1.29, 1.82) is 0 Å². The van der Waals surface area contributed by atoms with Gasteiger partial charge in [0.1, 0.15) is 5.82 Å². The maximum atomic E-state index is 14.0. The van der Waals surface area contributed by atoms with Crippen LogP contribution in [-0.4, -0.2) is 28.1 Å². The molecule has 0 unspecified atom stereocenters. The molecule has 2 aromatic carbocycles. The molecular weight excluding hydrogens is 323 g/mol. The molecular formula is C19H15FN2O3. The number of amides is 1. The van der Waals surface area contributed by atoms with Crippen LogP contribution in [0.15, 0.2) is 36.4 Å². The van der Waals surface area contributed by atoms with Crippen molar-refractivity contribution in [2.75, 3.05) is 6.54 Å². The summed E-state index contributed by atoms with van der Waals surface area (Å²) in [5, 5.41) is 12.6. The fraction of sp³-hybridized carbons (Fsp3) is 0.158. The molecule has 0 fully saturated rings. The Kier molecular flexibility index (Phi) is 3.35. The number of nitrogens with zero attached hydrogens (tertiary/aromatic N) is 1. The molecule has 5 nitrogen and oxygen atoms in total. The summed E-state index contributed by atoms with van der Waals surface area (Å²) in [7, 11) is 1.83. The van der Waals surface area contributed by atoms with Crippen LogP contribution in [-0.2, 0) is 13.5 Å². The van der Waals surface area contributed by atoms with E-state index in [1.807, 2.05) is 11.6 Å². The van der Waals surface area contributed by atoms with Gasteiger partial charge in [0.15, 0.2) is 0 Å². The lowest BCUT2D eigenvalue weighted by atomic mass is 9.99. The summed E-state index contributed by atoms with van der Waals surface area (Å²) < 4.78 is 15.9. The highest BCUT2D eigenvalue weighted by molar-refractivity contribution is 6.10. The molecule has 0 bridgehead atoms. The SMILES string of the molecule is Cn1c(-c2ccc(C(=O)O)cc2)c2c3c(cc(F)cc31)C(=O)NCC2. The van der Waals surface area contributed by atoms with Crippen LogP contribution in [0, 0.1) is 5.82 Å². The lowest BCUT2D eigenvalue weighted by Crippen LogP contribution is -2.23. The van der Waals surface area contributed by atoms with Gasteiger partial charge < -0.3 is 15.0 Å². The van der Waals surface area contributed by atoms with E-state index in [1.165, 1.54) is 12.1 Å². The normalized spacial score (nSPS) is 13.6. The number of aryl methyl sites for hydroxylation is 1. The fourth-order valence-corrected chi connectivity index (χ4v) is 3.57. The summed E-state index contributed by atoms with van der Waals surface area (Å²) >= 11 is 0. The number of carboxylic acids is 1. The van der Waals surface area contributed by atoms with E-state index in [2.05, 4.69) is 5.32 Å². The molecule has 0 atom stereocenters. The number of hydrogen-bond donors (Lipinski definition) is 2. The molecule has 0 saturated heterocycles. The number of aromatic carboxylic acids is 1. The Morgan fingerprint density at radius 2 is 1.96 bits per heavy atom. The monoisotopic (exact) mass is 338 g/mol. The molecule has 0 aliphatic carbocycles. The number of carbonyl (C=O) groups is 2. The van der Waals surface area contributed by atoms with Gasteiger partial charge in [-0.2, -0.15) is 0 Å². The summed E-state index contributed by atoms with van der Waals surface area (Å²) in [4.78, 5) is 23.3. The zero-order chi connectivity index (χ0) is 17.7. The highest BCUT2D eigenvalue weighted by atomic mass is 19.1. The summed E-state index contributed by atoms with van der Waals surface area (Å²) in [6.07, 6.45) is 0.623. The van der Waals surface area contributed by atoms with E-state index < -0.39 is 11.8 Å². The highest BCUT2D eigenvalue weighted by Crippen LogP contribution is 2.37. The van der Waals surface area contributed by atoms with E-state index >= 15 is 0 Å².